The summed E-state index contributed by atoms with van der Waals surface area (Å²) in [5.41, 5.74) is 1.73. The Labute approximate surface area is 163 Å². The largest absolute Gasteiger partial charge is 0.478 e. The molecule has 0 spiro atoms. The van der Waals surface area contributed by atoms with Crippen LogP contribution < -0.4 is 0 Å². The number of aliphatic hydroxyl groups excluding tert-OH is 1. The minimum Gasteiger partial charge on any atom is -0.478 e. The van der Waals surface area contributed by atoms with Gasteiger partial charge in [-0.25, -0.2) is 14.2 Å². The zero-order valence-electron chi connectivity index (χ0n) is 14.2. The number of fused-ring (bicyclic) bond motifs is 1. The van der Waals surface area contributed by atoms with E-state index in [1.54, 1.807) is 29.7 Å². The highest BCUT2D eigenvalue weighted by Gasteiger charge is 2.23. The second kappa shape index (κ2) is 7.85. The maximum Gasteiger partial charge on any atom is 0.335 e. The highest BCUT2D eigenvalue weighted by molar-refractivity contribution is 7.93. The van der Waals surface area contributed by atoms with Crippen LogP contribution in [0.2, 0.25) is 5.02 Å². The first-order valence-electron chi connectivity index (χ1n) is 7.96. The number of halogens is 2. The molecule has 0 aliphatic carbocycles. The van der Waals surface area contributed by atoms with E-state index in [1.807, 2.05) is 0 Å². The molecule has 1 unspecified atom stereocenters. The van der Waals surface area contributed by atoms with Crippen molar-refractivity contribution < 1.29 is 24.0 Å². The van der Waals surface area contributed by atoms with Crippen LogP contribution in [-0.2, 0) is 6.42 Å². The van der Waals surface area contributed by atoms with Gasteiger partial charge in [0.25, 0.3) is 0 Å². The molecule has 27 heavy (non-hydrogen) atoms. The van der Waals surface area contributed by atoms with Crippen LogP contribution in [-0.4, -0.2) is 42.0 Å². The first-order valence-corrected chi connectivity index (χ1v) is 9.28. The van der Waals surface area contributed by atoms with Crippen molar-refractivity contribution in [1.29, 1.82) is 0 Å². The number of carboxylic acids is 1. The summed E-state index contributed by atoms with van der Waals surface area (Å²) in [6.07, 6.45) is 0.905. The van der Waals surface area contributed by atoms with Crippen LogP contribution in [0.25, 0.3) is 16.9 Å². The minimum absolute atomic E-state index is 0.0830. The number of rotatable bonds is 6. The minimum atomic E-state index is -1.22. The van der Waals surface area contributed by atoms with Crippen LogP contribution >= 0.6 is 23.6 Å². The lowest BCUT2D eigenvalue weighted by molar-refractivity contribution is 0.0696. The van der Waals surface area contributed by atoms with E-state index < -0.39 is 17.9 Å². The molecule has 0 aliphatic heterocycles. The van der Waals surface area contributed by atoms with Gasteiger partial charge in [0.05, 0.1) is 23.1 Å². The van der Waals surface area contributed by atoms with Crippen LogP contribution in [0.15, 0.2) is 30.5 Å². The summed E-state index contributed by atoms with van der Waals surface area (Å²) in [6.45, 7) is 1.60. The van der Waals surface area contributed by atoms with Crippen LogP contribution in [0.3, 0.4) is 0 Å². The number of hydrogen-bond acceptors (Lipinski definition) is 5. The molecule has 1 atom stereocenters. The third-order valence-corrected chi connectivity index (χ3v) is 4.92. The molecule has 0 bridgehead atoms. The van der Waals surface area contributed by atoms with Crippen molar-refractivity contribution in [3.63, 3.8) is 0 Å². The predicted molar refractivity (Wildman–Crippen MR) is 102 cm³/mol. The van der Waals surface area contributed by atoms with Gasteiger partial charge in [-0.3, -0.25) is 0 Å². The number of pyridine rings is 1. The Morgan fingerprint density at radius 2 is 2.15 bits per heavy atom. The molecule has 6 nitrogen and oxygen atoms in total. The molecule has 2 aromatic heterocycles. The number of nitrogens with zero attached hydrogens (tertiary/aromatic N) is 2. The molecular formula is C18H16ClFN2O4S. The first-order chi connectivity index (χ1) is 12.8. The Morgan fingerprint density at radius 1 is 1.41 bits per heavy atom. The van der Waals surface area contributed by atoms with E-state index in [0.717, 1.165) is 6.07 Å². The lowest BCUT2D eigenvalue weighted by Crippen LogP contribution is -2.15. The number of imidazole rings is 1. The number of benzene rings is 1. The summed E-state index contributed by atoms with van der Waals surface area (Å²) in [6, 6.07) is 5.58. The van der Waals surface area contributed by atoms with Crippen molar-refractivity contribution >= 4 is 35.3 Å². The molecule has 0 saturated carbocycles. The predicted octanol–water partition coefficient (Wildman–Crippen LogP) is 3.91. The van der Waals surface area contributed by atoms with Crippen LogP contribution in [0.1, 0.15) is 21.6 Å². The lowest BCUT2D eigenvalue weighted by Gasteiger charge is -2.12. The van der Waals surface area contributed by atoms with Gasteiger partial charge in [-0.05, 0) is 42.7 Å². The molecular weight excluding hydrogens is 395 g/mol. The summed E-state index contributed by atoms with van der Waals surface area (Å²) in [5.74, 6) is -1.85. The Hall–Kier alpha value is -2.13. The smallest absolute Gasteiger partial charge is 0.335 e. The van der Waals surface area contributed by atoms with E-state index in [1.165, 1.54) is 6.07 Å². The number of hydrogen-bond donors (Lipinski definition) is 3. The highest BCUT2D eigenvalue weighted by Crippen LogP contribution is 2.32. The standard InChI is InChI=1S/C18H16ClFN2O4S/c1-9-4-10(18(24)25)5-13(20)16(9)17-14(7-12(23)8-27-26)22-3-2-11(19)6-15(22)21-17/h2-6,12,23,26H,7-8H2,1H3,(H,24,25). The second-order valence-corrected chi connectivity index (χ2v) is 7.12. The maximum atomic E-state index is 14.8. The van der Waals surface area contributed by atoms with Gasteiger partial charge in [-0.2, -0.15) is 0 Å². The third-order valence-electron chi connectivity index (χ3n) is 4.15. The lowest BCUT2D eigenvalue weighted by atomic mass is 9.99. The fraction of sp³-hybridized carbons (Fsp3) is 0.222. The topological polar surface area (TPSA) is 95.1 Å². The van der Waals surface area contributed by atoms with Crippen molar-refractivity contribution in [1.82, 2.24) is 9.38 Å². The fourth-order valence-corrected chi connectivity index (χ4v) is 3.45. The van der Waals surface area contributed by atoms with Crippen molar-refractivity contribution in [2.45, 2.75) is 19.4 Å². The summed E-state index contributed by atoms with van der Waals surface area (Å²) < 4.78 is 25.4. The van der Waals surface area contributed by atoms with Crippen LogP contribution in [0.5, 0.6) is 0 Å². The van der Waals surface area contributed by atoms with Gasteiger partial charge in [0.1, 0.15) is 11.5 Å². The molecule has 3 aromatic rings. The van der Waals surface area contributed by atoms with Crippen molar-refractivity contribution in [2.75, 3.05) is 5.75 Å². The van der Waals surface area contributed by atoms with Gasteiger partial charge in [0.2, 0.25) is 0 Å². The van der Waals surface area contributed by atoms with Crippen molar-refractivity contribution in [3.05, 3.63) is 58.1 Å². The summed E-state index contributed by atoms with van der Waals surface area (Å²) in [4.78, 5) is 15.6. The average Bonchev–Trinajstić information content (AvgIpc) is 2.91. The quantitative estimate of drug-likeness (QED) is 0.533. The Morgan fingerprint density at radius 3 is 2.78 bits per heavy atom. The molecule has 0 aliphatic rings. The molecule has 0 amide bonds. The Kier molecular flexibility index (Phi) is 5.71. The van der Waals surface area contributed by atoms with E-state index in [2.05, 4.69) is 4.98 Å². The zero-order valence-corrected chi connectivity index (χ0v) is 15.8. The molecule has 0 fully saturated rings. The highest BCUT2D eigenvalue weighted by atomic mass is 35.5. The average molecular weight is 411 g/mol. The van der Waals surface area contributed by atoms with Gasteiger partial charge in [0, 0.05) is 35.0 Å². The zero-order chi connectivity index (χ0) is 19.7. The Bertz CT molecular complexity index is 1000. The van der Waals surface area contributed by atoms with Gasteiger partial charge >= 0.3 is 5.97 Å². The van der Waals surface area contributed by atoms with Gasteiger partial charge in [-0.1, -0.05) is 11.6 Å². The number of aryl methyl sites for hydroxylation is 1. The van der Waals surface area contributed by atoms with E-state index in [4.69, 9.17) is 21.3 Å². The summed E-state index contributed by atoms with van der Waals surface area (Å²) in [5, 5.41) is 19.7. The molecule has 9 heteroatoms. The normalized spacial score (nSPS) is 12.5. The van der Waals surface area contributed by atoms with Crippen molar-refractivity contribution in [3.8, 4) is 11.3 Å². The molecule has 1 aromatic carbocycles. The van der Waals surface area contributed by atoms with E-state index in [9.17, 15) is 14.3 Å². The number of aromatic carboxylic acids is 1. The number of aromatic nitrogens is 2. The van der Waals surface area contributed by atoms with Gasteiger partial charge < -0.3 is 19.2 Å². The number of carbonyl (C=O) groups is 1. The third kappa shape index (κ3) is 3.93. The van der Waals surface area contributed by atoms with Gasteiger partial charge in [0.15, 0.2) is 0 Å². The summed E-state index contributed by atoms with van der Waals surface area (Å²) >= 11 is 6.53. The number of carboxylic acid groups (broad SMARTS) is 1. The van der Waals surface area contributed by atoms with Gasteiger partial charge in [-0.15, -0.1) is 0 Å². The molecule has 0 radical (unpaired) electrons. The first kappa shape index (κ1) is 19.6. The molecule has 0 saturated heterocycles. The Balaban J connectivity index is 2.23. The number of aliphatic hydroxyl groups is 1. The monoisotopic (exact) mass is 410 g/mol. The molecule has 2 heterocycles. The maximum absolute atomic E-state index is 14.8. The molecule has 142 valence electrons. The fourth-order valence-electron chi connectivity index (χ4n) is 3.00. The SMILES string of the molecule is Cc1cc(C(=O)O)cc(F)c1-c1nc2cc(Cl)ccn2c1CC(O)CSO. The summed E-state index contributed by atoms with van der Waals surface area (Å²) in [7, 11) is 0. The second-order valence-electron chi connectivity index (χ2n) is 6.09. The van der Waals surface area contributed by atoms with E-state index in [-0.39, 0.29) is 23.3 Å². The van der Waals surface area contributed by atoms with Crippen LogP contribution in [0.4, 0.5) is 4.39 Å². The van der Waals surface area contributed by atoms with Crippen molar-refractivity contribution in [2.24, 2.45) is 0 Å². The van der Waals surface area contributed by atoms with E-state index >= 15 is 0 Å². The van der Waals surface area contributed by atoms with Crippen LogP contribution in [0, 0.1) is 12.7 Å². The van der Waals surface area contributed by atoms with E-state index in [0.29, 0.717) is 39.7 Å². The molecule has 3 N–H and O–H groups in total. The molecule has 3 rings (SSSR count).